The zero-order chi connectivity index (χ0) is 23.5. The van der Waals surface area contributed by atoms with E-state index in [-0.39, 0.29) is 6.04 Å². The normalized spacial score (nSPS) is 14.9. The Balaban J connectivity index is 1.48. The molecule has 3 aromatic rings. The van der Waals surface area contributed by atoms with E-state index in [2.05, 4.69) is 45.0 Å². The molecule has 0 radical (unpaired) electrons. The Hall–Kier alpha value is -3.17. The van der Waals surface area contributed by atoms with Crippen molar-refractivity contribution in [3.63, 3.8) is 0 Å². The maximum Gasteiger partial charge on any atom is 0.228 e. The van der Waals surface area contributed by atoms with Crippen molar-refractivity contribution in [2.24, 2.45) is 11.8 Å². The number of rotatable bonds is 7. The molecule has 1 aromatic carbocycles. The number of nitrogen functional groups attached to an aromatic ring is 1. The van der Waals surface area contributed by atoms with Gasteiger partial charge in [0.25, 0.3) is 0 Å². The van der Waals surface area contributed by atoms with Crippen LogP contribution in [0, 0.1) is 5.92 Å². The minimum atomic E-state index is 0.0747. The minimum absolute atomic E-state index is 0.0747. The monoisotopic (exact) mass is 449 g/mol. The fourth-order valence-corrected chi connectivity index (χ4v) is 4.15. The number of anilines is 5. The number of aromatic nitrogens is 3. The van der Waals surface area contributed by atoms with Gasteiger partial charge in [0.1, 0.15) is 17.0 Å². The number of piperazine rings is 1. The predicted octanol–water partition coefficient (Wildman–Crippen LogP) is 3.22. The van der Waals surface area contributed by atoms with Crippen LogP contribution in [0.4, 0.5) is 28.8 Å². The molecule has 1 aliphatic heterocycles. The van der Waals surface area contributed by atoms with Gasteiger partial charge in [-0.05, 0) is 44.0 Å². The summed E-state index contributed by atoms with van der Waals surface area (Å²) in [4.78, 5) is 18.7. The third kappa shape index (κ3) is 5.26. The quantitative estimate of drug-likeness (QED) is 0.284. The van der Waals surface area contributed by atoms with Crippen LogP contribution >= 0.6 is 0 Å². The van der Waals surface area contributed by atoms with Crippen molar-refractivity contribution < 1.29 is 0 Å². The molecule has 176 valence electrons. The maximum absolute atomic E-state index is 6.28. The van der Waals surface area contributed by atoms with Crippen molar-refractivity contribution >= 4 is 39.7 Å². The highest BCUT2D eigenvalue weighted by molar-refractivity contribution is 5.97. The van der Waals surface area contributed by atoms with E-state index in [0.717, 1.165) is 43.8 Å². The van der Waals surface area contributed by atoms with Gasteiger partial charge >= 0.3 is 0 Å². The molecule has 9 heteroatoms. The van der Waals surface area contributed by atoms with Gasteiger partial charge in [-0.3, -0.25) is 4.90 Å². The van der Waals surface area contributed by atoms with Gasteiger partial charge in [0.05, 0.1) is 17.6 Å². The Bertz CT molecular complexity index is 1070. The molecule has 0 amide bonds. The topological polar surface area (TPSA) is 112 Å². The van der Waals surface area contributed by atoms with Crippen LogP contribution < -0.4 is 26.8 Å². The SMILES string of the molecule is CC(C)CN1CCN(c2ccc(Nc3ncc4ccc(N)c(N(N)C(C)C)c4n3)nc2)CC1. The largest absolute Gasteiger partial charge is 0.397 e. The summed E-state index contributed by atoms with van der Waals surface area (Å²) >= 11 is 0. The molecule has 4 rings (SSSR count). The summed E-state index contributed by atoms with van der Waals surface area (Å²) in [5.41, 5.74) is 9.35. The number of nitrogens with zero attached hydrogens (tertiary/aromatic N) is 6. The standard InChI is InChI=1S/C24H35N9/c1-16(2)15-31-9-11-32(12-10-31)19-6-8-21(27-14-19)29-24-28-13-18-5-7-20(25)23(22(18)30-24)33(26)17(3)4/h5-8,13-14,16-17H,9-12,15,25-26H2,1-4H3,(H,27,28,29,30). The van der Waals surface area contributed by atoms with E-state index in [1.807, 2.05) is 38.2 Å². The summed E-state index contributed by atoms with van der Waals surface area (Å²) in [6.45, 7) is 13.9. The summed E-state index contributed by atoms with van der Waals surface area (Å²) in [5.74, 6) is 8.12. The molecule has 1 aliphatic rings. The Kier molecular flexibility index (Phi) is 6.80. The van der Waals surface area contributed by atoms with Gasteiger partial charge in [0.2, 0.25) is 5.95 Å². The van der Waals surface area contributed by atoms with Crippen molar-refractivity contribution in [1.29, 1.82) is 0 Å². The van der Waals surface area contributed by atoms with Crippen LogP contribution in [-0.2, 0) is 0 Å². The molecule has 33 heavy (non-hydrogen) atoms. The molecule has 0 saturated carbocycles. The van der Waals surface area contributed by atoms with Crippen LogP contribution in [-0.4, -0.2) is 58.6 Å². The van der Waals surface area contributed by atoms with E-state index < -0.39 is 0 Å². The zero-order valence-electron chi connectivity index (χ0n) is 20.0. The van der Waals surface area contributed by atoms with E-state index in [1.165, 1.54) is 0 Å². The molecule has 1 saturated heterocycles. The maximum atomic E-state index is 6.28. The number of pyridine rings is 1. The van der Waals surface area contributed by atoms with Crippen LogP contribution in [0.3, 0.4) is 0 Å². The van der Waals surface area contributed by atoms with Crippen LogP contribution in [0.15, 0.2) is 36.7 Å². The lowest BCUT2D eigenvalue weighted by Crippen LogP contribution is -2.47. The van der Waals surface area contributed by atoms with Gasteiger partial charge in [-0.25, -0.2) is 20.8 Å². The highest BCUT2D eigenvalue weighted by Crippen LogP contribution is 2.31. The lowest BCUT2D eigenvalue weighted by atomic mass is 10.1. The smallest absolute Gasteiger partial charge is 0.228 e. The number of nitrogens with one attached hydrogen (secondary N) is 1. The lowest BCUT2D eigenvalue weighted by Gasteiger charge is -2.36. The Morgan fingerprint density at radius 1 is 1.00 bits per heavy atom. The van der Waals surface area contributed by atoms with Crippen LogP contribution in [0.5, 0.6) is 0 Å². The molecule has 5 N–H and O–H groups in total. The molecule has 3 heterocycles. The van der Waals surface area contributed by atoms with Crippen molar-refractivity contribution in [2.45, 2.75) is 33.7 Å². The van der Waals surface area contributed by atoms with Crippen LogP contribution in [0.2, 0.25) is 0 Å². The molecular weight excluding hydrogens is 414 g/mol. The first-order chi connectivity index (χ1) is 15.8. The number of benzene rings is 1. The minimum Gasteiger partial charge on any atom is -0.397 e. The second-order valence-corrected chi connectivity index (χ2v) is 9.34. The number of hydrazine groups is 1. The number of fused-ring (bicyclic) bond motifs is 1. The van der Waals surface area contributed by atoms with Gasteiger partial charge in [-0.1, -0.05) is 13.8 Å². The number of hydrogen-bond acceptors (Lipinski definition) is 9. The molecule has 0 unspecified atom stereocenters. The highest BCUT2D eigenvalue weighted by Gasteiger charge is 2.19. The molecule has 0 spiro atoms. The lowest BCUT2D eigenvalue weighted by molar-refractivity contribution is 0.231. The Morgan fingerprint density at radius 3 is 2.39 bits per heavy atom. The van der Waals surface area contributed by atoms with Gasteiger partial charge < -0.3 is 21.0 Å². The Labute approximate surface area is 195 Å². The third-order valence-electron chi connectivity index (χ3n) is 5.92. The second-order valence-electron chi connectivity index (χ2n) is 9.34. The average Bonchev–Trinajstić information content (AvgIpc) is 2.79. The molecular formula is C24H35N9. The van der Waals surface area contributed by atoms with Crippen molar-refractivity contribution in [1.82, 2.24) is 19.9 Å². The summed E-state index contributed by atoms with van der Waals surface area (Å²) in [7, 11) is 0. The number of hydrogen-bond donors (Lipinski definition) is 3. The van der Waals surface area contributed by atoms with Crippen molar-refractivity contribution in [3.05, 3.63) is 36.7 Å². The summed E-state index contributed by atoms with van der Waals surface area (Å²) < 4.78 is 0. The van der Waals surface area contributed by atoms with E-state index in [9.17, 15) is 0 Å². The fraction of sp³-hybridized carbons (Fsp3) is 0.458. The van der Waals surface area contributed by atoms with Crippen LogP contribution in [0.1, 0.15) is 27.7 Å². The fourth-order valence-electron chi connectivity index (χ4n) is 4.15. The van der Waals surface area contributed by atoms with Gasteiger partial charge in [0.15, 0.2) is 0 Å². The first-order valence-corrected chi connectivity index (χ1v) is 11.6. The predicted molar refractivity (Wildman–Crippen MR) is 137 cm³/mol. The van der Waals surface area contributed by atoms with E-state index in [0.29, 0.717) is 34.6 Å². The molecule has 2 aromatic heterocycles. The molecule has 1 fully saturated rings. The van der Waals surface area contributed by atoms with Gasteiger partial charge in [0, 0.05) is 50.3 Å². The molecule has 0 bridgehead atoms. The third-order valence-corrected chi connectivity index (χ3v) is 5.92. The van der Waals surface area contributed by atoms with Gasteiger partial charge in [-0.2, -0.15) is 0 Å². The number of nitrogens with two attached hydrogens (primary N) is 2. The summed E-state index contributed by atoms with van der Waals surface area (Å²) in [6.07, 6.45) is 3.68. The second kappa shape index (κ2) is 9.76. The van der Waals surface area contributed by atoms with Crippen molar-refractivity contribution in [3.8, 4) is 0 Å². The first-order valence-electron chi connectivity index (χ1n) is 11.6. The molecule has 0 aliphatic carbocycles. The summed E-state index contributed by atoms with van der Waals surface area (Å²) in [5, 5.41) is 5.73. The Morgan fingerprint density at radius 2 is 1.76 bits per heavy atom. The molecule has 9 nitrogen and oxygen atoms in total. The summed E-state index contributed by atoms with van der Waals surface area (Å²) in [6, 6.07) is 7.87. The van der Waals surface area contributed by atoms with E-state index in [1.54, 1.807) is 11.2 Å². The van der Waals surface area contributed by atoms with E-state index >= 15 is 0 Å². The van der Waals surface area contributed by atoms with Crippen molar-refractivity contribution in [2.75, 3.05) is 53.7 Å². The molecule has 0 atom stereocenters. The highest BCUT2D eigenvalue weighted by atomic mass is 15.4. The average molecular weight is 450 g/mol. The van der Waals surface area contributed by atoms with Gasteiger partial charge in [-0.15, -0.1) is 0 Å². The zero-order valence-corrected chi connectivity index (χ0v) is 20.0. The van der Waals surface area contributed by atoms with E-state index in [4.69, 9.17) is 16.6 Å². The first kappa shape index (κ1) is 23.0. The van der Waals surface area contributed by atoms with Crippen LogP contribution in [0.25, 0.3) is 10.9 Å².